The maximum absolute atomic E-state index is 12.5. The zero-order valence-corrected chi connectivity index (χ0v) is 26.8. The average Bonchev–Trinajstić information content (AvgIpc) is 3.39. The molecule has 10 heteroatoms. The molecule has 3 N–H and O–H groups in total. The molecule has 2 aliphatic rings. The minimum absolute atomic E-state index is 0.0972. The second-order valence-corrected chi connectivity index (χ2v) is 12.3. The zero-order valence-electron chi connectivity index (χ0n) is 26.8. The minimum Gasteiger partial charge on any atom is -0.508 e. The van der Waals surface area contributed by atoms with Gasteiger partial charge in [0.15, 0.2) is 0 Å². The van der Waals surface area contributed by atoms with Gasteiger partial charge in [-0.25, -0.2) is 9.59 Å². The van der Waals surface area contributed by atoms with Crippen molar-refractivity contribution in [1.82, 2.24) is 4.90 Å². The van der Waals surface area contributed by atoms with Crippen molar-refractivity contribution in [2.24, 2.45) is 0 Å². The molecule has 1 fully saturated rings. The van der Waals surface area contributed by atoms with Gasteiger partial charge in [0.05, 0.1) is 13.2 Å². The van der Waals surface area contributed by atoms with Gasteiger partial charge < -0.3 is 39.6 Å². The second-order valence-electron chi connectivity index (χ2n) is 12.3. The molecule has 46 heavy (non-hydrogen) atoms. The molecule has 2 aliphatic heterocycles. The number of nitrogens with one attached hydrogen (secondary N) is 2. The number of nitrogens with zero attached hydrogens (tertiary/aromatic N) is 1. The number of hydrogen-bond acceptors (Lipinski definition) is 7. The Balaban J connectivity index is 0.889. The van der Waals surface area contributed by atoms with Gasteiger partial charge in [0, 0.05) is 56.6 Å². The largest absolute Gasteiger partial charge is 0.508 e. The molecule has 246 valence electrons. The number of cyclic esters (lactones) is 1. The molecule has 0 saturated carbocycles. The van der Waals surface area contributed by atoms with Gasteiger partial charge in [-0.15, -0.1) is 0 Å². The van der Waals surface area contributed by atoms with Crippen LogP contribution in [0.3, 0.4) is 0 Å². The van der Waals surface area contributed by atoms with Crippen molar-refractivity contribution in [2.45, 2.75) is 77.3 Å². The monoisotopic (exact) mass is 631 g/mol. The Labute approximate surface area is 271 Å². The van der Waals surface area contributed by atoms with E-state index < -0.39 is 5.79 Å². The third kappa shape index (κ3) is 9.86. The van der Waals surface area contributed by atoms with E-state index in [-0.39, 0.29) is 24.0 Å². The van der Waals surface area contributed by atoms with E-state index in [1.54, 1.807) is 23.1 Å². The molecular formula is C36H45N3O7. The van der Waals surface area contributed by atoms with E-state index in [9.17, 15) is 14.7 Å². The first-order chi connectivity index (χ1) is 22.2. The highest BCUT2D eigenvalue weighted by Gasteiger charge is 2.33. The third-order valence-corrected chi connectivity index (χ3v) is 8.03. The Morgan fingerprint density at radius 2 is 1.67 bits per heavy atom. The lowest BCUT2D eigenvalue weighted by Crippen LogP contribution is -2.35. The van der Waals surface area contributed by atoms with Crippen LogP contribution in [0.15, 0.2) is 66.7 Å². The van der Waals surface area contributed by atoms with Crippen LogP contribution in [0.5, 0.6) is 11.5 Å². The summed E-state index contributed by atoms with van der Waals surface area (Å²) in [6.45, 7) is 6.99. The van der Waals surface area contributed by atoms with Crippen LogP contribution in [0.2, 0.25) is 0 Å². The summed E-state index contributed by atoms with van der Waals surface area (Å²) in [7, 11) is 0. The molecule has 0 radical (unpaired) electrons. The van der Waals surface area contributed by atoms with Crippen LogP contribution in [-0.4, -0.2) is 54.2 Å². The summed E-state index contributed by atoms with van der Waals surface area (Å²) >= 11 is 0. The number of phenolic OH excluding ortho intramolecular Hbond substituents is 1. The molecule has 1 saturated heterocycles. The number of fused-ring (bicyclic) bond motifs is 1. The summed E-state index contributed by atoms with van der Waals surface area (Å²) in [4.78, 5) is 26.5. The minimum atomic E-state index is -0.634. The molecule has 0 aliphatic carbocycles. The number of carbonyl (C=O) groups excluding carboxylic acids is 2. The maximum atomic E-state index is 12.5. The van der Waals surface area contributed by atoms with E-state index in [0.29, 0.717) is 25.4 Å². The predicted octanol–water partition coefficient (Wildman–Crippen LogP) is 7.77. The third-order valence-electron chi connectivity index (χ3n) is 8.03. The van der Waals surface area contributed by atoms with E-state index in [4.69, 9.17) is 18.9 Å². The van der Waals surface area contributed by atoms with Gasteiger partial charge in [-0.05, 0) is 79.6 Å². The Kier molecular flexibility index (Phi) is 11.4. The van der Waals surface area contributed by atoms with Gasteiger partial charge >= 0.3 is 12.1 Å². The summed E-state index contributed by atoms with van der Waals surface area (Å²) in [6, 6.07) is 19.8. The van der Waals surface area contributed by atoms with E-state index in [1.165, 1.54) is 6.07 Å². The molecule has 3 aromatic rings. The molecule has 0 aromatic heterocycles. The van der Waals surface area contributed by atoms with E-state index in [2.05, 4.69) is 16.7 Å². The van der Waals surface area contributed by atoms with Crippen molar-refractivity contribution in [3.8, 4) is 11.5 Å². The summed E-state index contributed by atoms with van der Waals surface area (Å²) in [5.74, 6) is 0.280. The van der Waals surface area contributed by atoms with Gasteiger partial charge in [0.1, 0.15) is 17.6 Å². The Morgan fingerprint density at radius 3 is 2.48 bits per heavy atom. The molecule has 0 bridgehead atoms. The van der Waals surface area contributed by atoms with Crippen LogP contribution >= 0.6 is 0 Å². The normalized spacial score (nSPS) is 16.8. The average molecular weight is 632 g/mol. The molecule has 3 aromatic carbocycles. The predicted molar refractivity (Wildman–Crippen MR) is 176 cm³/mol. The van der Waals surface area contributed by atoms with Crippen LogP contribution in [0.25, 0.3) is 0 Å². The Hall–Kier alpha value is -4.28. The molecule has 0 spiro atoms. The standard InChI is InChI=1S/C36H45N3O7/c1-36(2)44-25-28-22-27(16-17-32(28)46-36)33-24-39(35(42)45-33)18-6-3-4-7-19-43-20-8-5-11-26-12-9-13-29(21-26)37-34(41)38-30-14-10-15-31(40)23-30/h9-10,12-17,21-23,33,40H,3-8,11,18-20,24-25H2,1-2H3,(H2,37,38,41). The highest BCUT2D eigenvalue weighted by molar-refractivity contribution is 5.99. The first kappa shape index (κ1) is 33.1. The van der Waals surface area contributed by atoms with Crippen molar-refractivity contribution in [2.75, 3.05) is 36.9 Å². The van der Waals surface area contributed by atoms with Crippen LogP contribution in [-0.2, 0) is 27.2 Å². The number of urea groups is 1. The van der Waals surface area contributed by atoms with Gasteiger partial charge in [0.25, 0.3) is 0 Å². The molecule has 1 atom stereocenters. The van der Waals surface area contributed by atoms with Gasteiger partial charge in [0.2, 0.25) is 5.79 Å². The summed E-state index contributed by atoms with van der Waals surface area (Å²) in [5, 5.41) is 15.1. The summed E-state index contributed by atoms with van der Waals surface area (Å²) < 4.78 is 23.1. The smallest absolute Gasteiger partial charge is 0.410 e. The summed E-state index contributed by atoms with van der Waals surface area (Å²) in [5.41, 5.74) is 4.34. The number of unbranched alkanes of at least 4 members (excludes halogenated alkanes) is 4. The lowest BCUT2D eigenvalue weighted by molar-refractivity contribution is -0.180. The molecule has 5 rings (SSSR count). The number of anilines is 2. The number of rotatable bonds is 15. The molecule has 10 nitrogen and oxygen atoms in total. The van der Waals surface area contributed by atoms with Crippen molar-refractivity contribution in [3.05, 3.63) is 83.4 Å². The Bertz CT molecular complexity index is 1480. The van der Waals surface area contributed by atoms with Crippen molar-refractivity contribution < 1.29 is 33.6 Å². The van der Waals surface area contributed by atoms with Crippen molar-refractivity contribution in [3.63, 3.8) is 0 Å². The number of carbonyl (C=O) groups is 2. The highest BCUT2D eigenvalue weighted by atomic mass is 16.7. The fourth-order valence-corrected chi connectivity index (χ4v) is 5.60. The van der Waals surface area contributed by atoms with Gasteiger partial charge in [-0.1, -0.05) is 37.1 Å². The number of aromatic hydroxyl groups is 1. The van der Waals surface area contributed by atoms with E-state index in [0.717, 1.165) is 86.3 Å². The zero-order chi connectivity index (χ0) is 32.4. The van der Waals surface area contributed by atoms with Crippen LogP contribution in [0, 0.1) is 0 Å². The van der Waals surface area contributed by atoms with Crippen LogP contribution in [0.1, 0.15) is 75.2 Å². The molecule has 2 heterocycles. The van der Waals surface area contributed by atoms with Crippen molar-refractivity contribution in [1.29, 1.82) is 0 Å². The molecular weight excluding hydrogens is 586 g/mol. The highest BCUT2D eigenvalue weighted by Crippen LogP contribution is 2.35. The van der Waals surface area contributed by atoms with Crippen LogP contribution < -0.4 is 15.4 Å². The number of ether oxygens (including phenoxy) is 4. The number of amides is 3. The summed E-state index contributed by atoms with van der Waals surface area (Å²) in [6.07, 6.45) is 6.38. The topological polar surface area (TPSA) is 119 Å². The van der Waals surface area contributed by atoms with Crippen LogP contribution in [0.4, 0.5) is 21.0 Å². The first-order valence-electron chi connectivity index (χ1n) is 16.2. The lowest BCUT2D eigenvalue weighted by atomic mass is 10.0. The quantitative estimate of drug-likeness (QED) is 0.147. The van der Waals surface area contributed by atoms with Crippen molar-refractivity contribution >= 4 is 23.5 Å². The maximum Gasteiger partial charge on any atom is 0.410 e. The van der Waals surface area contributed by atoms with E-state index >= 15 is 0 Å². The molecule has 3 amide bonds. The lowest BCUT2D eigenvalue weighted by Gasteiger charge is -2.32. The first-order valence-corrected chi connectivity index (χ1v) is 16.2. The van der Waals surface area contributed by atoms with Gasteiger partial charge in [-0.2, -0.15) is 0 Å². The van der Waals surface area contributed by atoms with Gasteiger partial charge in [-0.3, -0.25) is 0 Å². The molecule has 1 unspecified atom stereocenters. The SMILES string of the molecule is CC1(C)OCc2cc(C3CN(CCCCCCOCCCCc4cccc(NC(=O)Nc5cccc(O)c5)c4)C(=O)O3)ccc2O1. The number of phenols is 1. The fourth-order valence-electron chi connectivity index (χ4n) is 5.60. The second kappa shape index (κ2) is 15.8. The number of hydrogen-bond donors (Lipinski definition) is 3. The number of aryl methyl sites for hydroxylation is 1. The Morgan fingerprint density at radius 1 is 0.935 bits per heavy atom. The van der Waals surface area contributed by atoms with E-state index in [1.807, 2.05) is 50.2 Å². The number of benzene rings is 3. The fraction of sp³-hybridized carbons (Fsp3) is 0.444.